The summed E-state index contributed by atoms with van der Waals surface area (Å²) in [6.45, 7) is 5.99. The number of aryl methyl sites for hydroxylation is 3. The van der Waals surface area contributed by atoms with E-state index >= 15 is 0 Å². The number of benzene rings is 2. The molecule has 1 aromatic heterocycles. The van der Waals surface area contributed by atoms with E-state index in [-0.39, 0.29) is 5.91 Å². The van der Waals surface area contributed by atoms with E-state index < -0.39 is 0 Å². The summed E-state index contributed by atoms with van der Waals surface area (Å²) in [5.74, 6) is -0.107. The summed E-state index contributed by atoms with van der Waals surface area (Å²) in [7, 11) is 0. The highest BCUT2D eigenvalue weighted by Gasteiger charge is 2.12. The maximum atomic E-state index is 12.4. The predicted molar refractivity (Wildman–Crippen MR) is 88.2 cm³/mol. The van der Waals surface area contributed by atoms with Gasteiger partial charge >= 0.3 is 0 Å². The molecule has 3 nitrogen and oxygen atoms in total. The SMILES string of the molecule is Cc1ccc(C(=O)Nc2nc3c(C)cccc3s2)c(C)c1. The van der Waals surface area contributed by atoms with Crippen molar-refractivity contribution in [1.82, 2.24) is 4.98 Å². The lowest BCUT2D eigenvalue weighted by Crippen LogP contribution is -2.13. The summed E-state index contributed by atoms with van der Waals surface area (Å²) < 4.78 is 1.09. The van der Waals surface area contributed by atoms with Crippen LogP contribution in [0, 0.1) is 20.8 Å². The number of hydrogen-bond donors (Lipinski definition) is 1. The number of hydrogen-bond acceptors (Lipinski definition) is 3. The monoisotopic (exact) mass is 296 g/mol. The molecule has 1 amide bonds. The molecule has 0 atom stereocenters. The normalized spacial score (nSPS) is 10.8. The summed E-state index contributed by atoms with van der Waals surface area (Å²) in [6.07, 6.45) is 0. The Bertz CT molecular complexity index is 836. The Kier molecular flexibility index (Phi) is 3.47. The summed E-state index contributed by atoms with van der Waals surface area (Å²) in [5.41, 5.74) is 4.90. The van der Waals surface area contributed by atoms with Crippen molar-refractivity contribution in [2.24, 2.45) is 0 Å². The fraction of sp³-hybridized carbons (Fsp3) is 0.176. The van der Waals surface area contributed by atoms with Crippen LogP contribution >= 0.6 is 11.3 Å². The first kappa shape index (κ1) is 13.8. The van der Waals surface area contributed by atoms with E-state index in [1.165, 1.54) is 11.3 Å². The molecule has 3 aromatic rings. The molecule has 0 radical (unpaired) electrons. The second-order valence-electron chi connectivity index (χ2n) is 5.21. The lowest BCUT2D eigenvalue weighted by Gasteiger charge is -2.06. The van der Waals surface area contributed by atoms with Gasteiger partial charge in [0.25, 0.3) is 5.91 Å². The molecule has 0 aliphatic heterocycles. The molecule has 106 valence electrons. The zero-order chi connectivity index (χ0) is 15.0. The van der Waals surface area contributed by atoms with Gasteiger partial charge in [0, 0.05) is 5.56 Å². The van der Waals surface area contributed by atoms with Gasteiger partial charge in [-0.2, -0.15) is 0 Å². The van der Waals surface area contributed by atoms with Gasteiger partial charge in [-0.25, -0.2) is 4.98 Å². The Morgan fingerprint density at radius 3 is 2.62 bits per heavy atom. The Morgan fingerprint density at radius 2 is 1.90 bits per heavy atom. The first-order valence-corrected chi connectivity index (χ1v) is 7.61. The molecule has 2 aromatic carbocycles. The third-order valence-corrected chi connectivity index (χ3v) is 4.40. The number of anilines is 1. The highest BCUT2D eigenvalue weighted by molar-refractivity contribution is 7.22. The Hall–Kier alpha value is -2.20. The Balaban J connectivity index is 1.91. The zero-order valence-electron chi connectivity index (χ0n) is 12.2. The molecule has 0 spiro atoms. The van der Waals surface area contributed by atoms with Crippen molar-refractivity contribution in [3.05, 3.63) is 58.7 Å². The minimum Gasteiger partial charge on any atom is -0.298 e. The van der Waals surface area contributed by atoms with Crippen molar-refractivity contribution in [3.8, 4) is 0 Å². The van der Waals surface area contributed by atoms with Gasteiger partial charge in [0.2, 0.25) is 0 Å². The number of rotatable bonds is 2. The molecule has 0 saturated heterocycles. The number of thiazole rings is 1. The average molecular weight is 296 g/mol. The largest absolute Gasteiger partial charge is 0.298 e. The van der Waals surface area contributed by atoms with Gasteiger partial charge in [-0.15, -0.1) is 0 Å². The number of carbonyl (C=O) groups is 1. The van der Waals surface area contributed by atoms with Crippen molar-refractivity contribution in [3.63, 3.8) is 0 Å². The van der Waals surface area contributed by atoms with Crippen molar-refractivity contribution < 1.29 is 4.79 Å². The molecule has 0 bridgehead atoms. The third kappa shape index (κ3) is 2.67. The van der Waals surface area contributed by atoms with Crippen LogP contribution in [0.1, 0.15) is 27.0 Å². The molecule has 1 heterocycles. The van der Waals surface area contributed by atoms with E-state index in [1.54, 1.807) is 0 Å². The molecule has 21 heavy (non-hydrogen) atoms. The number of carbonyl (C=O) groups excluding carboxylic acids is 1. The third-order valence-electron chi connectivity index (χ3n) is 3.47. The molecular formula is C17H16N2OS. The van der Waals surface area contributed by atoms with Crippen LogP contribution in [0.3, 0.4) is 0 Å². The van der Waals surface area contributed by atoms with E-state index in [4.69, 9.17) is 0 Å². The van der Waals surface area contributed by atoms with Crippen molar-refractivity contribution in [2.75, 3.05) is 5.32 Å². The summed E-state index contributed by atoms with van der Waals surface area (Å²) in [6, 6.07) is 11.9. The van der Waals surface area contributed by atoms with Crippen LogP contribution in [0.15, 0.2) is 36.4 Å². The summed E-state index contributed by atoms with van der Waals surface area (Å²) in [5, 5.41) is 3.55. The second kappa shape index (κ2) is 5.30. The number of para-hydroxylation sites is 1. The van der Waals surface area contributed by atoms with Gasteiger partial charge in [0.05, 0.1) is 10.2 Å². The van der Waals surface area contributed by atoms with Crippen LogP contribution in [0.25, 0.3) is 10.2 Å². The van der Waals surface area contributed by atoms with Gasteiger partial charge < -0.3 is 0 Å². The first-order chi connectivity index (χ1) is 10.0. The Labute approximate surface area is 127 Å². The number of nitrogens with one attached hydrogen (secondary N) is 1. The maximum absolute atomic E-state index is 12.4. The van der Waals surface area contributed by atoms with Crippen LogP contribution in [-0.2, 0) is 0 Å². The van der Waals surface area contributed by atoms with Gasteiger partial charge in [-0.1, -0.05) is 41.2 Å². The van der Waals surface area contributed by atoms with Gasteiger partial charge in [-0.05, 0) is 44.0 Å². The zero-order valence-corrected chi connectivity index (χ0v) is 13.0. The van der Waals surface area contributed by atoms with Crippen molar-refractivity contribution in [1.29, 1.82) is 0 Å². The summed E-state index contributed by atoms with van der Waals surface area (Å²) in [4.78, 5) is 16.9. The molecule has 0 aliphatic carbocycles. The van der Waals surface area contributed by atoms with Crippen LogP contribution in [0.4, 0.5) is 5.13 Å². The number of amides is 1. The smallest absolute Gasteiger partial charge is 0.257 e. The molecule has 1 N–H and O–H groups in total. The minimum absolute atomic E-state index is 0.107. The lowest BCUT2D eigenvalue weighted by atomic mass is 10.1. The van der Waals surface area contributed by atoms with Crippen molar-refractivity contribution in [2.45, 2.75) is 20.8 Å². The fourth-order valence-electron chi connectivity index (χ4n) is 2.37. The number of nitrogens with zero attached hydrogens (tertiary/aromatic N) is 1. The molecule has 3 rings (SSSR count). The van der Waals surface area contributed by atoms with Crippen LogP contribution in [0.2, 0.25) is 0 Å². The predicted octanol–water partition coefficient (Wildman–Crippen LogP) is 4.47. The quantitative estimate of drug-likeness (QED) is 0.758. The van der Waals surface area contributed by atoms with E-state index in [0.717, 1.165) is 26.9 Å². The molecule has 0 aliphatic rings. The molecule has 0 fully saturated rings. The standard InChI is InChI=1S/C17H16N2OS/c1-10-7-8-13(12(3)9-10)16(20)19-17-18-15-11(2)5-4-6-14(15)21-17/h4-9H,1-3H3,(H,18,19,20). The van der Waals surface area contributed by atoms with E-state index in [9.17, 15) is 4.79 Å². The van der Waals surface area contributed by atoms with Gasteiger partial charge in [0.15, 0.2) is 5.13 Å². The minimum atomic E-state index is -0.107. The maximum Gasteiger partial charge on any atom is 0.257 e. The van der Waals surface area contributed by atoms with Crippen LogP contribution in [-0.4, -0.2) is 10.9 Å². The number of fused-ring (bicyclic) bond motifs is 1. The molecule has 0 saturated carbocycles. The Morgan fingerprint density at radius 1 is 1.10 bits per heavy atom. The molecule has 0 unspecified atom stereocenters. The average Bonchev–Trinajstić information content (AvgIpc) is 2.82. The van der Waals surface area contributed by atoms with Crippen LogP contribution < -0.4 is 5.32 Å². The van der Waals surface area contributed by atoms with E-state index in [2.05, 4.69) is 10.3 Å². The van der Waals surface area contributed by atoms with E-state index in [0.29, 0.717) is 10.7 Å². The fourth-order valence-corrected chi connectivity index (χ4v) is 3.31. The van der Waals surface area contributed by atoms with E-state index in [1.807, 2.05) is 57.2 Å². The first-order valence-electron chi connectivity index (χ1n) is 6.79. The highest BCUT2D eigenvalue weighted by Crippen LogP contribution is 2.28. The van der Waals surface area contributed by atoms with Crippen molar-refractivity contribution >= 4 is 32.6 Å². The number of aromatic nitrogens is 1. The molecular weight excluding hydrogens is 280 g/mol. The second-order valence-corrected chi connectivity index (χ2v) is 6.24. The molecule has 4 heteroatoms. The lowest BCUT2D eigenvalue weighted by molar-refractivity contribution is 0.102. The van der Waals surface area contributed by atoms with Gasteiger partial charge in [0.1, 0.15) is 0 Å². The highest BCUT2D eigenvalue weighted by atomic mass is 32.1. The summed E-state index contributed by atoms with van der Waals surface area (Å²) >= 11 is 1.50. The van der Waals surface area contributed by atoms with Gasteiger partial charge in [-0.3, -0.25) is 10.1 Å². The van der Waals surface area contributed by atoms with Crippen LogP contribution in [0.5, 0.6) is 0 Å². The topological polar surface area (TPSA) is 42.0 Å².